The average Bonchev–Trinajstić information content (AvgIpc) is 3.25. The fourth-order valence-electron chi connectivity index (χ4n) is 4.85. The second-order valence-electron chi connectivity index (χ2n) is 8.66. The molecule has 0 amide bonds. The molecule has 1 aromatic carbocycles. The maximum atomic E-state index is 12.8. The van der Waals surface area contributed by atoms with Crippen LogP contribution in [0.3, 0.4) is 0 Å². The van der Waals surface area contributed by atoms with Crippen molar-refractivity contribution >= 4 is 27.4 Å². The minimum absolute atomic E-state index is 0.255. The van der Waals surface area contributed by atoms with Crippen LogP contribution in [0.25, 0.3) is 10.2 Å². The minimum Gasteiger partial charge on any atom is -0.355 e. The molecule has 0 radical (unpaired) electrons. The van der Waals surface area contributed by atoms with E-state index >= 15 is 0 Å². The molecule has 0 atom stereocenters. The topological polar surface area (TPSA) is 32.3 Å². The summed E-state index contributed by atoms with van der Waals surface area (Å²) in [6.07, 6.45) is -2.56. The molecule has 2 aliphatic heterocycles. The van der Waals surface area contributed by atoms with Gasteiger partial charge in [-0.15, -0.1) is 11.3 Å². The van der Waals surface area contributed by atoms with Gasteiger partial charge < -0.3 is 4.90 Å². The number of alkyl halides is 3. The van der Waals surface area contributed by atoms with Crippen LogP contribution in [-0.4, -0.2) is 47.2 Å². The lowest BCUT2D eigenvalue weighted by atomic mass is 9.79. The fourth-order valence-corrected chi connectivity index (χ4v) is 5.87. The van der Waals surface area contributed by atoms with Crippen LogP contribution in [0.4, 0.5) is 19.0 Å². The standard InChI is InChI=1S/C22H23F3N4S/c1-15-4-2-3-5-16(15)10-28-11-21(12-28)6-7-29(13-21)19-18-8-17(9-22(23,24)25)30-20(18)27-14-26-19/h2-5,8,14H,6-7,9-13H2,1H3. The van der Waals surface area contributed by atoms with Crippen molar-refractivity contribution in [1.29, 1.82) is 0 Å². The molecule has 30 heavy (non-hydrogen) atoms. The van der Waals surface area contributed by atoms with Crippen molar-refractivity contribution in [2.45, 2.75) is 32.5 Å². The molecule has 0 bridgehead atoms. The summed E-state index contributed by atoms with van der Waals surface area (Å²) >= 11 is 1.11. The number of benzene rings is 1. The van der Waals surface area contributed by atoms with Gasteiger partial charge in [-0.3, -0.25) is 4.90 Å². The quantitative estimate of drug-likeness (QED) is 0.592. The first-order chi connectivity index (χ1) is 14.3. The van der Waals surface area contributed by atoms with E-state index in [-0.39, 0.29) is 5.41 Å². The maximum absolute atomic E-state index is 12.8. The monoisotopic (exact) mass is 432 g/mol. The predicted octanol–water partition coefficient (Wildman–Crippen LogP) is 4.82. The van der Waals surface area contributed by atoms with Gasteiger partial charge in [-0.25, -0.2) is 9.97 Å². The second-order valence-corrected chi connectivity index (χ2v) is 9.78. The summed E-state index contributed by atoms with van der Waals surface area (Å²) in [6.45, 7) is 7.00. The number of hydrogen-bond donors (Lipinski definition) is 0. The summed E-state index contributed by atoms with van der Waals surface area (Å²) in [5.41, 5.74) is 2.95. The van der Waals surface area contributed by atoms with E-state index in [4.69, 9.17) is 0 Å². The van der Waals surface area contributed by atoms with Crippen molar-refractivity contribution < 1.29 is 13.2 Å². The molecule has 2 aromatic heterocycles. The molecule has 1 spiro atoms. The lowest BCUT2D eigenvalue weighted by molar-refractivity contribution is -0.126. The average molecular weight is 433 g/mol. The molecule has 4 heterocycles. The van der Waals surface area contributed by atoms with Crippen molar-refractivity contribution in [2.24, 2.45) is 5.41 Å². The van der Waals surface area contributed by atoms with E-state index in [1.807, 2.05) is 0 Å². The minimum atomic E-state index is -4.21. The van der Waals surface area contributed by atoms with Crippen LogP contribution in [0.1, 0.15) is 22.4 Å². The summed E-state index contributed by atoms with van der Waals surface area (Å²) in [4.78, 5) is 14.3. The van der Waals surface area contributed by atoms with E-state index in [9.17, 15) is 13.2 Å². The number of halogens is 3. The normalized spacial score (nSPS) is 19.0. The zero-order chi connectivity index (χ0) is 20.9. The van der Waals surface area contributed by atoms with Gasteiger partial charge in [0.25, 0.3) is 0 Å². The first-order valence-electron chi connectivity index (χ1n) is 10.1. The Kier molecular flexibility index (Phi) is 4.74. The van der Waals surface area contributed by atoms with E-state index in [0.29, 0.717) is 9.71 Å². The number of fused-ring (bicyclic) bond motifs is 1. The molecular formula is C22H23F3N4S. The summed E-state index contributed by atoms with van der Waals surface area (Å²) in [5.74, 6) is 0.777. The number of nitrogens with zero attached hydrogens (tertiary/aromatic N) is 4. The molecule has 0 unspecified atom stereocenters. The number of rotatable bonds is 4. The number of likely N-dealkylation sites (tertiary alicyclic amines) is 1. The molecule has 8 heteroatoms. The molecule has 3 aromatic rings. The van der Waals surface area contributed by atoms with Crippen LogP contribution in [0.5, 0.6) is 0 Å². The number of aryl methyl sites for hydroxylation is 1. The molecule has 0 aliphatic carbocycles. The third-order valence-corrected chi connectivity index (χ3v) is 7.29. The number of aromatic nitrogens is 2. The first kappa shape index (κ1) is 19.8. The molecule has 4 nitrogen and oxygen atoms in total. The highest BCUT2D eigenvalue weighted by Gasteiger charge is 2.48. The van der Waals surface area contributed by atoms with Crippen molar-refractivity contribution in [1.82, 2.24) is 14.9 Å². The first-order valence-corrected chi connectivity index (χ1v) is 10.9. The Balaban J connectivity index is 1.28. The predicted molar refractivity (Wildman–Crippen MR) is 113 cm³/mol. The molecule has 5 rings (SSSR count). The van der Waals surface area contributed by atoms with E-state index in [2.05, 4.69) is 51.0 Å². The van der Waals surface area contributed by atoms with Gasteiger partial charge in [0.05, 0.1) is 11.8 Å². The van der Waals surface area contributed by atoms with Gasteiger partial charge in [-0.2, -0.15) is 13.2 Å². The van der Waals surface area contributed by atoms with E-state index in [0.717, 1.165) is 61.7 Å². The Labute approximate surface area is 177 Å². The highest BCUT2D eigenvalue weighted by Crippen LogP contribution is 2.43. The smallest absolute Gasteiger partial charge is 0.355 e. The number of thiophene rings is 1. The highest BCUT2D eigenvalue weighted by atomic mass is 32.1. The number of anilines is 1. The van der Waals surface area contributed by atoms with Gasteiger partial charge in [-0.05, 0) is 30.5 Å². The Morgan fingerprint density at radius 1 is 1.13 bits per heavy atom. The Hall–Kier alpha value is -2.19. The zero-order valence-electron chi connectivity index (χ0n) is 16.7. The maximum Gasteiger partial charge on any atom is 0.393 e. The van der Waals surface area contributed by atoms with Crippen molar-refractivity contribution in [3.8, 4) is 0 Å². The van der Waals surface area contributed by atoms with E-state index in [1.54, 1.807) is 6.07 Å². The van der Waals surface area contributed by atoms with Crippen molar-refractivity contribution in [3.63, 3.8) is 0 Å². The molecule has 0 saturated carbocycles. The van der Waals surface area contributed by atoms with Crippen molar-refractivity contribution in [3.05, 3.63) is 52.7 Å². The van der Waals surface area contributed by atoms with Crippen LogP contribution >= 0.6 is 11.3 Å². The van der Waals surface area contributed by atoms with E-state index in [1.165, 1.54) is 17.5 Å². The van der Waals surface area contributed by atoms with Crippen molar-refractivity contribution in [2.75, 3.05) is 31.1 Å². The fraction of sp³-hybridized carbons (Fsp3) is 0.455. The summed E-state index contributed by atoms with van der Waals surface area (Å²) in [5, 5.41) is 0.745. The lowest BCUT2D eigenvalue weighted by Gasteiger charge is -2.48. The SMILES string of the molecule is Cc1ccccc1CN1CC2(CCN(c3ncnc4sc(CC(F)(F)F)cc34)C2)C1. The van der Waals surface area contributed by atoms with Gasteiger partial charge in [0, 0.05) is 43.0 Å². The lowest BCUT2D eigenvalue weighted by Crippen LogP contribution is -2.56. The van der Waals surface area contributed by atoms with Gasteiger partial charge >= 0.3 is 6.18 Å². The number of hydrogen-bond acceptors (Lipinski definition) is 5. The summed E-state index contributed by atoms with van der Waals surface area (Å²) < 4.78 is 38.4. The third kappa shape index (κ3) is 3.78. The Bertz CT molecular complexity index is 1070. The summed E-state index contributed by atoms with van der Waals surface area (Å²) in [6, 6.07) is 10.1. The van der Waals surface area contributed by atoms with Crippen LogP contribution in [-0.2, 0) is 13.0 Å². The Morgan fingerprint density at radius 2 is 1.93 bits per heavy atom. The van der Waals surface area contributed by atoms with Crippen LogP contribution in [0, 0.1) is 12.3 Å². The largest absolute Gasteiger partial charge is 0.393 e. The summed E-state index contributed by atoms with van der Waals surface area (Å²) in [7, 11) is 0. The Morgan fingerprint density at radius 3 is 2.70 bits per heavy atom. The molecule has 0 N–H and O–H groups in total. The van der Waals surface area contributed by atoms with Crippen LogP contribution < -0.4 is 4.90 Å². The van der Waals surface area contributed by atoms with Crippen LogP contribution in [0.15, 0.2) is 36.7 Å². The molecule has 2 aliphatic rings. The molecule has 2 fully saturated rings. The van der Waals surface area contributed by atoms with Gasteiger partial charge in [0.15, 0.2) is 0 Å². The molecule has 2 saturated heterocycles. The van der Waals surface area contributed by atoms with E-state index < -0.39 is 12.6 Å². The second kappa shape index (κ2) is 7.20. The van der Waals surface area contributed by atoms with Gasteiger partial charge in [0.2, 0.25) is 0 Å². The highest BCUT2D eigenvalue weighted by molar-refractivity contribution is 7.18. The van der Waals surface area contributed by atoms with Gasteiger partial charge in [-0.1, -0.05) is 24.3 Å². The third-order valence-electron chi connectivity index (χ3n) is 6.25. The van der Waals surface area contributed by atoms with Gasteiger partial charge in [0.1, 0.15) is 17.0 Å². The molecular weight excluding hydrogens is 409 g/mol. The molecule has 158 valence electrons. The van der Waals surface area contributed by atoms with Crippen LogP contribution in [0.2, 0.25) is 0 Å². The zero-order valence-corrected chi connectivity index (χ0v) is 17.6.